The molecular weight excluding hydrogens is 256 g/mol. The zero-order valence-electron chi connectivity index (χ0n) is 9.13. The molecular formula is C11H19BrN2O+2. The Balaban J connectivity index is 2.31. The summed E-state index contributed by atoms with van der Waals surface area (Å²) < 4.78 is 6.67. The fraction of sp³-hybridized carbons (Fsp3) is 0.455. The highest BCUT2D eigenvalue weighted by Gasteiger charge is 2.00. The van der Waals surface area contributed by atoms with Gasteiger partial charge in [-0.15, -0.1) is 0 Å². The van der Waals surface area contributed by atoms with E-state index in [9.17, 15) is 0 Å². The van der Waals surface area contributed by atoms with Crippen LogP contribution in [0.4, 0.5) is 0 Å². The van der Waals surface area contributed by atoms with Crippen molar-refractivity contribution in [2.75, 3.05) is 26.2 Å². The number of hydrogen-bond donors (Lipinski definition) is 2. The number of hydrogen-bond acceptors (Lipinski definition) is 1. The number of aryl methyl sites for hydroxylation is 1. The molecule has 1 rings (SSSR count). The van der Waals surface area contributed by atoms with Crippen LogP contribution in [0.1, 0.15) is 5.56 Å². The first kappa shape index (κ1) is 12.5. The normalized spacial score (nSPS) is 10.3. The van der Waals surface area contributed by atoms with Crippen LogP contribution < -0.4 is 15.8 Å². The van der Waals surface area contributed by atoms with E-state index < -0.39 is 0 Å². The molecule has 0 unspecified atom stereocenters. The Morgan fingerprint density at radius 1 is 1.40 bits per heavy atom. The summed E-state index contributed by atoms with van der Waals surface area (Å²) in [7, 11) is 0. The zero-order valence-corrected chi connectivity index (χ0v) is 10.7. The van der Waals surface area contributed by atoms with Crippen molar-refractivity contribution >= 4 is 15.9 Å². The fourth-order valence-electron chi connectivity index (χ4n) is 1.26. The molecule has 0 fully saturated rings. The zero-order chi connectivity index (χ0) is 11.1. The first-order valence-electron chi connectivity index (χ1n) is 5.24. The molecule has 0 saturated heterocycles. The quantitative estimate of drug-likeness (QED) is 0.702. The van der Waals surface area contributed by atoms with Gasteiger partial charge >= 0.3 is 0 Å². The van der Waals surface area contributed by atoms with Crippen molar-refractivity contribution in [1.82, 2.24) is 0 Å². The molecule has 0 aromatic heterocycles. The maximum atomic E-state index is 5.64. The third kappa shape index (κ3) is 4.64. The summed E-state index contributed by atoms with van der Waals surface area (Å²) in [6.07, 6.45) is 0. The highest BCUT2D eigenvalue weighted by Crippen LogP contribution is 2.25. The number of benzene rings is 1. The molecule has 0 heterocycles. The summed E-state index contributed by atoms with van der Waals surface area (Å²) in [5.74, 6) is 0.920. The van der Waals surface area contributed by atoms with E-state index in [0.717, 1.165) is 36.5 Å². The standard InChI is InChI=1S/C11H17BrN2O/c1-9-2-3-11(10(12)8-9)15-7-6-14-5-4-13/h2-3,8,14H,4-7,13H2,1H3/p+2. The van der Waals surface area contributed by atoms with Crippen LogP contribution in [0.25, 0.3) is 0 Å². The molecule has 0 aliphatic rings. The maximum Gasteiger partial charge on any atom is 0.137 e. The van der Waals surface area contributed by atoms with Crippen molar-refractivity contribution < 1.29 is 15.8 Å². The summed E-state index contributed by atoms with van der Waals surface area (Å²) in [6.45, 7) is 5.82. The molecule has 0 saturated carbocycles. The Morgan fingerprint density at radius 3 is 2.87 bits per heavy atom. The average Bonchev–Trinajstić information content (AvgIpc) is 2.20. The van der Waals surface area contributed by atoms with Crippen molar-refractivity contribution in [3.63, 3.8) is 0 Å². The summed E-state index contributed by atoms with van der Waals surface area (Å²) >= 11 is 3.48. The third-order valence-corrected chi connectivity index (χ3v) is 2.69. The van der Waals surface area contributed by atoms with Gasteiger partial charge in [0.25, 0.3) is 0 Å². The largest absolute Gasteiger partial charge is 0.487 e. The molecule has 0 bridgehead atoms. The van der Waals surface area contributed by atoms with Gasteiger partial charge in [0.05, 0.1) is 4.47 Å². The molecule has 84 valence electrons. The van der Waals surface area contributed by atoms with Crippen molar-refractivity contribution in [2.45, 2.75) is 6.92 Å². The van der Waals surface area contributed by atoms with E-state index >= 15 is 0 Å². The van der Waals surface area contributed by atoms with Gasteiger partial charge in [-0.1, -0.05) is 6.07 Å². The Bertz CT molecular complexity index is 305. The number of ether oxygens (including phenoxy) is 1. The molecule has 0 aliphatic carbocycles. The summed E-state index contributed by atoms with van der Waals surface area (Å²) in [5, 5.41) is 2.22. The van der Waals surface area contributed by atoms with Gasteiger partial charge in [-0.25, -0.2) is 0 Å². The van der Waals surface area contributed by atoms with Gasteiger partial charge in [-0.3, -0.25) is 0 Å². The number of nitrogens with two attached hydrogens (primary N) is 1. The molecule has 3 nitrogen and oxygen atoms in total. The van der Waals surface area contributed by atoms with Crippen LogP contribution in [0, 0.1) is 6.92 Å². The van der Waals surface area contributed by atoms with Crippen molar-refractivity contribution in [2.24, 2.45) is 0 Å². The molecule has 0 radical (unpaired) electrons. The number of rotatable bonds is 6. The van der Waals surface area contributed by atoms with Gasteiger partial charge in [-0.2, -0.15) is 0 Å². The minimum Gasteiger partial charge on any atom is -0.487 e. The van der Waals surface area contributed by atoms with E-state index in [1.165, 1.54) is 5.56 Å². The smallest absolute Gasteiger partial charge is 0.137 e. The SMILES string of the molecule is Cc1ccc(OCC[NH2+]CC[NH3+])c(Br)c1. The van der Waals surface area contributed by atoms with E-state index in [1.54, 1.807) is 0 Å². The lowest BCUT2D eigenvalue weighted by atomic mass is 10.2. The highest BCUT2D eigenvalue weighted by atomic mass is 79.9. The predicted octanol–water partition coefficient (Wildman–Crippen LogP) is -0.0584. The fourth-order valence-corrected chi connectivity index (χ4v) is 1.87. The van der Waals surface area contributed by atoms with Crippen molar-refractivity contribution in [3.05, 3.63) is 28.2 Å². The Hall–Kier alpha value is -0.580. The monoisotopic (exact) mass is 274 g/mol. The molecule has 0 aliphatic heterocycles. The lowest BCUT2D eigenvalue weighted by Crippen LogP contribution is -2.88. The first-order chi connectivity index (χ1) is 7.24. The van der Waals surface area contributed by atoms with Crippen LogP contribution in [-0.2, 0) is 0 Å². The summed E-state index contributed by atoms with van der Waals surface area (Å²) in [6, 6.07) is 6.12. The Kier molecular flexibility index (Phi) is 5.68. The molecule has 0 amide bonds. The topological polar surface area (TPSA) is 53.5 Å². The van der Waals surface area contributed by atoms with E-state index in [-0.39, 0.29) is 0 Å². The Labute approximate surface area is 99.1 Å². The van der Waals surface area contributed by atoms with Gasteiger partial charge in [0.2, 0.25) is 0 Å². The van der Waals surface area contributed by atoms with Gasteiger partial charge in [0.1, 0.15) is 32.0 Å². The minimum absolute atomic E-state index is 0.738. The maximum absolute atomic E-state index is 5.64. The average molecular weight is 275 g/mol. The second-order valence-electron chi connectivity index (χ2n) is 3.50. The molecule has 5 N–H and O–H groups in total. The minimum atomic E-state index is 0.738. The van der Waals surface area contributed by atoms with Crippen LogP contribution in [-0.4, -0.2) is 26.2 Å². The lowest BCUT2D eigenvalue weighted by Gasteiger charge is -2.07. The number of quaternary nitrogens is 2. The Morgan fingerprint density at radius 2 is 2.20 bits per heavy atom. The summed E-state index contributed by atoms with van der Waals surface area (Å²) in [4.78, 5) is 0. The molecule has 15 heavy (non-hydrogen) atoms. The third-order valence-electron chi connectivity index (χ3n) is 2.08. The second kappa shape index (κ2) is 6.82. The van der Waals surface area contributed by atoms with E-state index in [2.05, 4.69) is 46.0 Å². The molecule has 0 spiro atoms. The summed E-state index contributed by atoms with van der Waals surface area (Å²) in [5.41, 5.74) is 5.02. The van der Waals surface area contributed by atoms with Gasteiger partial charge in [-0.05, 0) is 40.5 Å². The van der Waals surface area contributed by atoms with E-state index in [0.29, 0.717) is 0 Å². The van der Waals surface area contributed by atoms with Crippen LogP contribution in [0.3, 0.4) is 0 Å². The van der Waals surface area contributed by atoms with E-state index in [1.807, 2.05) is 6.07 Å². The van der Waals surface area contributed by atoms with E-state index in [4.69, 9.17) is 4.74 Å². The molecule has 4 heteroatoms. The first-order valence-corrected chi connectivity index (χ1v) is 6.03. The molecule has 0 atom stereocenters. The van der Waals surface area contributed by atoms with Gasteiger partial charge in [0, 0.05) is 0 Å². The van der Waals surface area contributed by atoms with Crippen LogP contribution in [0.2, 0.25) is 0 Å². The van der Waals surface area contributed by atoms with Crippen molar-refractivity contribution in [3.8, 4) is 5.75 Å². The van der Waals surface area contributed by atoms with Crippen molar-refractivity contribution in [1.29, 1.82) is 0 Å². The van der Waals surface area contributed by atoms with Crippen LogP contribution in [0.15, 0.2) is 22.7 Å². The van der Waals surface area contributed by atoms with Gasteiger partial charge in [0.15, 0.2) is 0 Å². The lowest BCUT2D eigenvalue weighted by molar-refractivity contribution is -0.670. The molecule has 1 aromatic carbocycles. The van der Waals surface area contributed by atoms with Crippen LogP contribution in [0.5, 0.6) is 5.75 Å². The predicted molar refractivity (Wildman–Crippen MR) is 63.8 cm³/mol. The highest BCUT2D eigenvalue weighted by molar-refractivity contribution is 9.10. The molecule has 1 aromatic rings. The number of halogens is 1. The van der Waals surface area contributed by atoms with Crippen LogP contribution >= 0.6 is 15.9 Å². The second-order valence-corrected chi connectivity index (χ2v) is 4.36. The van der Waals surface area contributed by atoms with Gasteiger partial charge < -0.3 is 15.8 Å².